The molecule has 0 aliphatic rings. The lowest BCUT2D eigenvalue weighted by atomic mass is 10.1. The van der Waals surface area contributed by atoms with Gasteiger partial charge in [-0.1, -0.05) is 18.2 Å². The van der Waals surface area contributed by atoms with E-state index in [1.165, 1.54) is 10.6 Å². The number of carbonyl (C=O) groups excluding carboxylic acids is 2. The van der Waals surface area contributed by atoms with Crippen LogP contribution >= 0.6 is 0 Å². The first-order valence-electron chi connectivity index (χ1n) is 7.89. The summed E-state index contributed by atoms with van der Waals surface area (Å²) in [7, 11) is 0. The number of esters is 1. The molecule has 130 valence electrons. The molecule has 25 heavy (non-hydrogen) atoms. The van der Waals surface area contributed by atoms with E-state index in [1.54, 1.807) is 46.0 Å². The monoisotopic (exact) mass is 340 g/mol. The lowest BCUT2D eigenvalue weighted by Crippen LogP contribution is -2.26. The number of fused-ring (bicyclic) bond motifs is 1. The second-order valence-corrected chi connectivity index (χ2v) is 6.34. The van der Waals surface area contributed by atoms with Crippen LogP contribution < -0.4 is 0 Å². The lowest BCUT2D eigenvalue weighted by molar-refractivity contribution is -0.137. The molecular formula is C19H20N2O4. The standard InChI is InChI=1S/C19H20N2O4/c1-5-24-17(22)13(11-20)10-14-12-21(18(23)25-19(2,3)4)16-9-7-6-8-15(14)16/h6-10,12H,5H2,1-4H3/b13-10+. The van der Waals surface area contributed by atoms with Crippen molar-refractivity contribution < 1.29 is 19.1 Å². The van der Waals surface area contributed by atoms with Crippen LogP contribution in [-0.2, 0) is 14.3 Å². The highest BCUT2D eigenvalue weighted by molar-refractivity contribution is 6.02. The topological polar surface area (TPSA) is 81.3 Å². The molecule has 6 nitrogen and oxygen atoms in total. The molecule has 0 N–H and O–H groups in total. The van der Waals surface area contributed by atoms with Gasteiger partial charge in [-0.05, 0) is 39.8 Å². The Labute approximate surface area is 146 Å². The van der Waals surface area contributed by atoms with E-state index in [2.05, 4.69) is 0 Å². The van der Waals surface area contributed by atoms with Crippen molar-refractivity contribution in [3.05, 3.63) is 41.6 Å². The number of nitrogens with zero attached hydrogens (tertiary/aromatic N) is 2. The zero-order valence-corrected chi connectivity index (χ0v) is 14.7. The van der Waals surface area contributed by atoms with E-state index in [4.69, 9.17) is 9.47 Å². The molecule has 0 unspecified atom stereocenters. The van der Waals surface area contributed by atoms with Crippen molar-refractivity contribution in [3.63, 3.8) is 0 Å². The highest BCUT2D eigenvalue weighted by atomic mass is 16.6. The van der Waals surface area contributed by atoms with Crippen LogP contribution in [0.2, 0.25) is 0 Å². The van der Waals surface area contributed by atoms with Crippen molar-refractivity contribution in [2.24, 2.45) is 0 Å². The van der Waals surface area contributed by atoms with Gasteiger partial charge in [-0.2, -0.15) is 5.26 Å². The molecule has 0 atom stereocenters. The summed E-state index contributed by atoms with van der Waals surface area (Å²) in [5, 5.41) is 9.93. The van der Waals surface area contributed by atoms with Crippen molar-refractivity contribution in [2.75, 3.05) is 6.61 Å². The largest absolute Gasteiger partial charge is 0.462 e. The molecule has 2 aromatic rings. The average molecular weight is 340 g/mol. The Balaban J connectivity index is 2.54. The summed E-state index contributed by atoms with van der Waals surface area (Å²) in [5.41, 5.74) is 0.422. The van der Waals surface area contributed by atoms with Crippen molar-refractivity contribution in [2.45, 2.75) is 33.3 Å². The van der Waals surface area contributed by atoms with E-state index in [9.17, 15) is 14.9 Å². The molecule has 6 heteroatoms. The second-order valence-electron chi connectivity index (χ2n) is 6.34. The highest BCUT2D eigenvalue weighted by Gasteiger charge is 2.21. The molecule has 1 aromatic heterocycles. The summed E-state index contributed by atoms with van der Waals surface area (Å²) >= 11 is 0. The van der Waals surface area contributed by atoms with Crippen molar-refractivity contribution in [3.8, 4) is 6.07 Å². The van der Waals surface area contributed by atoms with Gasteiger partial charge in [-0.3, -0.25) is 4.57 Å². The van der Waals surface area contributed by atoms with Crippen LogP contribution in [0.25, 0.3) is 17.0 Å². The first kappa shape index (κ1) is 18.3. The fraction of sp³-hybridized carbons (Fsp3) is 0.316. The van der Waals surface area contributed by atoms with E-state index >= 15 is 0 Å². The summed E-state index contributed by atoms with van der Waals surface area (Å²) < 4.78 is 11.6. The number of hydrogen-bond donors (Lipinski definition) is 0. The molecule has 0 bridgehead atoms. The Morgan fingerprint density at radius 2 is 1.96 bits per heavy atom. The number of nitriles is 1. The molecule has 0 aliphatic carbocycles. The van der Waals surface area contributed by atoms with Crippen molar-refractivity contribution in [1.29, 1.82) is 5.26 Å². The predicted molar refractivity (Wildman–Crippen MR) is 93.8 cm³/mol. The molecular weight excluding hydrogens is 320 g/mol. The fourth-order valence-electron chi connectivity index (χ4n) is 2.28. The van der Waals surface area contributed by atoms with Crippen LogP contribution in [0.15, 0.2) is 36.0 Å². The predicted octanol–water partition coefficient (Wildman–Crippen LogP) is 3.89. The van der Waals surface area contributed by atoms with E-state index in [-0.39, 0.29) is 12.2 Å². The molecule has 0 amide bonds. The Morgan fingerprint density at radius 1 is 1.28 bits per heavy atom. The van der Waals surface area contributed by atoms with E-state index in [0.717, 1.165) is 5.39 Å². The minimum atomic E-state index is -0.695. The second kappa shape index (κ2) is 7.22. The van der Waals surface area contributed by atoms with E-state index in [1.807, 2.05) is 18.2 Å². The van der Waals surface area contributed by atoms with Crippen molar-refractivity contribution in [1.82, 2.24) is 4.57 Å². The van der Waals surface area contributed by atoms with Gasteiger partial charge in [0.05, 0.1) is 12.1 Å². The number of hydrogen-bond acceptors (Lipinski definition) is 5. The average Bonchev–Trinajstić information content (AvgIpc) is 2.90. The number of benzene rings is 1. The Morgan fingerprint density at radius 3 is 2.56 bits per heavy atom. The van der Waals surface area contributed by atoms with Gasteiger partial charge in [0.15, 0.2) is 0 Å². The minimum absolute atomic E-state index is 0.131. The van der Waals surface area contributed by atoms with Crippen molar-refractivity contribution >= 4 is 29.0 Å². The molecule has 2 rings (SSSR count). The molecule has 0 radical (unpaired) electrons. The third kappa shape index (κ3) is 4.27. The maximum Gasteiger partial charge on any atom is 0.419 e. The number of ether oxygens (including phenoxy) is 2. The SMILES string of the molecule is CCOC(=O)/C(C#N)=C/c1cn(C(=O)OC(C)(C)C)c2ccccc12. The normalized spacial score (nSPS) is 11.9. The summed E-state index contributed by atoms with van der Waals surface area (Å²) in [4.78, 5) is 24.3. The van der Waals surface area contributed by atoms with Crippen LogP contribution in [0.1, 0.15) is 33.3 Å². The number of rotatable bonds is 3. The summed E-state index contributed by atoms with van der Waals surface area (Å²) in [6.07, 6.45) is 2.44. The van der Waals surface area contributed by atoms with Gasteiger partial charge in [-0.15, -0.1) is 0 Å². The fourth-order valence-corrected chi connectivity index (χ4v) is 2.28. The summed E-state index contributed by atoms with van der Waals surface area (Å²) in [6.45, 7) is 7.20. The summed E-state index contributed by atoms with van der Waals surface area (Å²) in [6, 6.07) is 9.03. The zero-order valence-electron chi connectivity index (χ0n) is 14.7. The van der Waals surface area contributed by atoms with Crippen LogP contribution in [0.4, 0.5) is 4.79 Å². The molecule has 1 aromatic carbocycles. The Bertz CT molecular complexity index is 879. The van der Waals surface area contributed by atoms with E-state index in [0.29, 0.717) is 11.1 Å². The van der Waals surface area contributed by atoms with Gasteiger partial charge in [-0.25, -0.2) is 9.59 Å². The third-order valence-electron chi connectivity index (χ3n) is 3.25. The molecule has 0 saturated carbocycles. The lowest BCUT2D eigenvalue weighted by Gasteiger charge is -2.19. The number of para-hydroxylation sites is 1. The van der Waals surface area contributed by atoms with E-state index < -0.39 is 17.7 Å². The van der Waals surface area contributed by atoms with Crippen LogP contribution in [-0.4, -0.2) is 28.8 Å². The maximum atomic E-state index is 12.4. The molecule has 0 saturated heterocycles. The van der Waals surface area contributed by atoms with Gasteiger partial charge in [0, 0.05) is 17.1 Å². The minimum Gasteiger partial charge on any atom is -0.462 e. The quantitative estimate of drug-likeness (QED) is 0.481. The van der Waals surface area contributed by atoms with Gasteiger partial charge in [0.2, 0.25) is 0 Å². The maximum absolute atomic E-state index is 12.4. The Kier molecular flexibility index (Phi) is 5.28. The first-order chi connectivity index (χ1) is 11.8. The smallest absolute Gasteiger partial charge is 0.419 e. The molecule has 0 spiro atoms. The van der Waals surface area contributed by atoms with Crippen LogP contribution in [0, 0.1) is 11.3 Å². The highest BCUT2D eigenvalue weighted by Crippen LogP contribution is 2.25. The third-order valence-corrected chi connectivity index (χ3v) is 3.25. The molecule has 0 fully saturated rings. The van der Waals surface area contributed by atoms with Gasteiger partial charge in [0.1, 0.15) is 17.2 Å². The van der Waals surface area contributed by atoms with Gasteiger partial charge >= 0.3 is 12.1 Å². The van der Waals surface area contributed by atoms with Crippen LogP contribution in [0.3, 0.4) is 0 Å². The molecule has 1 heterocycles. The zero-order chi connectivity index (χ0) is 18.6. The summed E-state index contributed by atoms with van der Waals surface area (Å²) in [5.74, 6) is -0.695. The van der Waals surface area contributed by atoms with Gasteiger partial charge in [0.25, 0.3) is 0 Å². The Hall–Kier alpha value is -3.07. The number of carbonyl (C=O) groups is 2. The van der Waals surface area contributed by atoms with Crippen LogP contribution in [0.5, 0.6) is 0 Å². The first-order valence-corrected chi connectivity index (χ1v) is 7.89. The number of aromatic nitrogens is 1. The van der Waals surface area contributed by atoms with Gasteiger partial charge < -0.3 is 9.47 Å². The molecule has 0 aliphatic heterocycles.